The summed E-state index contributed by atoms with van der Waals surface area (Å²) < 4.78 is 10.4. The van der Waals surface area contributed by atoms with Gasteiger partial charge in [-0.25, -0.2) is 0 Å². The Labute approximate surface area is 146 Å². The molecule has 0 aromatic heterocycles. The number of hydrogen-bond donors (Lipinski definition) is 1. The summed E-state index contributed by atoms with van der Waals surface area (Å²) in [5, 5.41) is 9.68. The molecule has 0 radical (unpaired) electrons. The van der Waals surface area contributed by atoms with Crippen molar-refractivity contribution in [1.29, 1.82) is 0 Å². The molecule has 6 heteroatoms. The highest BCUT2D eigenvalue weighted by atomic mass is 16.5. The van der Waals surface area contributed by atoms with Gasteiger partial charge in [-0.15, -0.1) is 0 Å². The van der Waals surface area contributed by atoms with E-state index in [1.807, 2.05) is 6.07 Å². The maximum atomic E-state index is 12.0. The maximum Gasteiger partial charge on any atom is 0.312 e. The van der Waals surface area contributed by atoms with Gasteiger partial charge in [-0.3, -0.25) is 9.59 Å². The third-order valence-corrected chi connectivity index (χ3v) is 3.92. The number of amides is 1. The highest BCUT2D eigenvalue weighted by molar-refractivity contribution is 5.92. The van der Waals surface area contributed by atoms with E-state index in [1.165, 1.54) is 26.0 Å². The van der Waals surface area contributed by atoms with Crippen molar-refractivity contribution in [1.82, 2.24) is 0 Å². The summed E-state index contributed by atoms with van der Waals surface area (Å²) in [4.78, 5) is 25.3. The molecule has 0 spiro atoms. The average Bonchev–Trinajstić information content (AvgIpc) is 2.62. The standard InChI is InChI=1S/C19H21NO5/c1-13(21)20(15-7-5-4-6-8-15)12-16(19(22)23)14-9-10-17(24-2)18(11-14)25-3/h4-11,16H,12H2,1-3H3,(H,22,23). The number of hydrogen-bond acceptors (Lipinski definition) is 4. The predicted molar refractivity (Wildman–Crippen MR) is 94.4 cm³/mol. The second-order valence-corrected chi connectivity index (χ2v) is 5.47. The van der Waals surface area contributed by atoms with E-state index in [0.29, 0.717) is 22.7 Å². The van der Waals surface area contributed by atoms with Crippen LogP contribution in [-0.4, -0.2) is 37.7 Å². The normalized spacial score (nSPS) is 11.5. The van der Waals surface area contributed by atoms with E-state index in [4.69, 9.17) is 9.47 Å². The number of ether oxygens (including phenoxy) is 2. The van der Waals surface area contributed by atoms with Gasteiger partial charge in [-0.2, -0.15) is 0 Å². The Morgan fingerprint density at radius 3 is 2.20 bits per heavy atom. The molecule has 0 aliphatic carbocycles. The van der Waals surface area contributed by atoms with Crippen LogP contribution >= 0.6 is 0 Å². The van der Waals surface area contributed by atoms with Crippen LogP contribution < -0.4 is 14.4 Å². The predicted octanol–water partition coefficient (Wildman–Crippen LogP) is 2.93. The lowest BCUT2D eigenvalue weighted by Crippen LogP contribution is -2.35. The van der Waals surface area contributed by atoms with Gasteiger partial charge in [0, 0.05) is 19.2 Å². The van der Waals surface area contributed by atoms with E-state index in [9.17, 15) is 14.7 Å². The van der Waals surface area contributed by atoms with Gasteiger partial charge in [0.15, 0.2) is 11.5 Å². The number of benzene rings is 2. The fourth-order valence-electron chi connectivity index (χ4n) is 2.60. The minimum Gasteiger partial charge on any atom is -0.493 e. The third-order valence-electron chi connectivity index (χ3n) is 3.92. The molecule has 1 unspecified atom stereocenters. The first-order valence-corrected chi connectivity index (χ1v) is 7.75. The van der Waals surface area contributed by atoms with Gasteiger partial charge in [0.05, 0.1) is 20.1 Å². The molecule has 0 saturated carbocycles. The van der Waals surface area contributed by atoms with E-state index in [2.05, 4.69) is 0 Å². The Hall–Kier alpha value is -3.02. The summed E-state index contributed by atoms with van der Waals surface area (Å²) >= 11 is 0. The lowest BCUT2D eigenvalue weighted by Gasteiger charge is -2.25. The molecule has 132 valence electrons. The van der Waals surface area contributed by atoms with Crippen LogP contribution in [0.5, 0.6) is 11.5 Å². The van der Waals surface area contributed by atoms with Crippen LogP contribution in [-0.2, 0) is 9.59 Å². The van der Waals surface area contributed by atoms with Gasteiger partial charge in [0.2, 0.25) is 5.91 Å². The van der Waals surface area contributed by atoms with E-state index < -0.39 is 11.9 Å². The SMILES string of the molecule is COc1ccc(C(CN(C(C)=O)c2ccccc2)C(=O)O)cc1OC. The first-order chi connectivity index (χ1) is 12.0. The monoisotopic (exact) mass is 343 g/mol. The Bertz CT molecular complexity index is 745. The molecule has 0 fully saturated rings. The highest BCUT2D eigenvalue weighted by Gasteiger charge is 2.26. The van der Waals surface area contributed by atoms with E-state index in [0.717, 1.165) is 0 Å². The van der Waals surface area contributed by atoms with Crippen LogP contribution in [0.3, 0.4) is 0 Å². The number of rotatable bonds is 7. The van der Waals surface area contributed by atoms with Crippen molar-refractivity contribution in [2.24, 2.45) is 0 Å². The summed E-state index contributed by atoms with van der Waals surface area (Å²) in [6.45, 7) is 1.44. The summed E-state index contributed by atoms with van der Waals surface area (Å²) in [7, 11) is 3.00. The number of nitrogens with zero attached hydrogens (tertiary/aromatic N) is 1. The number of carbonyl (C=O) groups excluding carboxylic acids is 1. The molecule has 1 atom stereocenters. The summed E-state index contributed by atoms with van der Waals surface area (Å²) in [5.41, 5.74) is 1.19. The maximum absolute atomic E-state index is 12.0. The van der Waals surface area contributed by atoms with Crippen LogP contribution in [0, 0.1) is 0 Å². The number of carboxylic acid groups (broad SMARTS) is 1. The first kappa shape index (κ1) is 18.3. The zero-order chi connectivity index (χ0) is 18.4. The minimum absolute atomic E-state index is 0.0180. The quantitative estimate of drug-likeness (QED) is 0.836. The first-order valence-electron chi connectivity index (χ1n) is 7.75. The van der Waals surface area contributed by atoms with Crippen LogP contribution in [0.15, 0.2) is 48.5 Å². The van der Waals surface area contributed by atoms with Crippen molar-refractivity contribution < 1.29 is 24.2 Å². The smallest absolute Gasteiger partial charge is 0.312 e. The summed E-state index contributed by atoms with van der Waals surface area (Å²) in [5.74, 6) is -1.18. The minimum atomic E-state index is -1.02. The van der Waals surface area contributed by atoms with E-state index in [-0.39, 0.29) is 12.5 Å². The number of aliphatic carboxylic acids is 1. The second-order valence-electron chi connectivity index (χ2n) is 5.47. The zero-order valence-corrected chi connectivity index (χ0v) is 14.4. The molecule has 25 heavy (non-hydrogen) atoms. The van der Waals surface area contributed by atoms with Gasteiger partial charge < -0.3 is 19.5 Å². The fraction of sp³-hybridized carbons (Fsp3) is 0.263. The average molecular weight is 343 g/mol. The summed E-state index contributed by atoms with van der Waals surface area (Å²) in [6, 6.07) is 13.9. The third kappa shape index (κ3) is 4.29. The van der Waals surface area contributed by atoms with Crippen molar-refractivity contribution in [2.45, 2.75) is 12.8 Å². The van der Waals surface area contributed by atoms with Crippen LogP contribution in [0.25, 0.3) is 0 Å². The van der Waals surface area contributed by atoms with Crippen LogP contribution in [0.2, 0.25) is 0 Å². The molecule has 0 heterocycles. The lowest BCUT2D eigenvalue weighted by molar-refractivity contribution is -0.138. The van der Waals surface area contributed by atoms with Crippen molar-refractivity contribution in [3.8, 4) is 11.5 Å². The van der Waals surface area contributed by atoms with Crippen LogP contribution in [0.1, 0.15) is 18.4 Å². The number of para-hydroxylation sites is 1. The molecule has 2 rings (SSSR count). The van der Waals surface area contributed by atoms with E-state index in [1.54, 1.807) is 42.5 Å². The number of carbonyl (C=O) groups is 2. The van der Waals surface area contributed by atoms with Gasteiger partial charge in [-0.1, -0.05) is 24.3 Å². The number of methoxy groups -OCH3 is 2. The van der Waals surface area contributed by atoms with E-state index >= 15 is 0 Å². The summed E-state index contributed by atoms with van der Waals surface area (Å²) in [6.07, 6.45) is 0. The molecule has 0 saturated heterocycles. The molecule has 1 N–H and O–H groups in total. The largest absolute Gasteiger partial charge is 0.493 e. The fourth-order valence-corrected chi connectivity index (χ4v) is 2.60. The van der Waals surface area contributed by atoms with Crippen molar-refractivity contribution in [3.05, 3.63) is 54.1 Å². The van der Waals surface area contributed by atoms with Gasteiger partial charge in [0.25, 0.3) is 0 Å². The molecule has 0 bridgehead atoms. The Morgan fingerprint density at radius 2 is 1.68 bits per heavy atom. The molecule has 1 amide bonds. The topological polar surface area (TPSA) is 76.1 Å². The molecular formula is C19H21NO5. The Kier molecular flexibility index (Phi) is 6.00. The molecular weight excluding hydrogens is 322 g/mol. The van der Waals surface area contributed by atoms with Gasteiger partial charge in [0.1, 0.15) is 0 Å². The highest BCUT2D eigenvalue weighted by Crippen LogP contribution is 2.31. The second kappa shape index (κ2) is 8.19. The van der Waals surface area contributed by atoms with Crippen LogP contribution in [0.4, 0.5) is 5.69 Å². The van der Waals surface area contributed by atoms with Crippen molar-refractivity contribution in [3.63, 3.8) is 0 Å². The molecule has 6 nitrogen and oxygen atoms in total. The number of carboxylic acids is 1. The number of anilines is 1. The van der Waals surface area contributed by atoms with Gasteiger partial charge >= 0.3 is 5.97 Å². The van der Waals surface area contributed by atoms with Crippen molar-refractivity contribution >= 4 is 17.6 Å². The Balaban J connectivity index is 2.37. The van der Waals surface area contributed by atoms with Crippen molar-refractivity contribution in [2.75, 3.05) is 25.7 Å². The lowest BCUT2D eigenvalue weighted by atomic mass is 9.97. The molecule has 0 aliphatic heterocycles. The Morgan fingerprint density at radius 1 is 1.04 bits per heavy atom. The zero-order valence-electron chi connectivity index (χ0n) is 14.4. The molecule has 2 aromatic carbocycles. The molecule has 2 aromatic rings. The molecule has 0 aliphatic rings. The van der Waals surface area contributed by atoms with Gasteiger partial charge in [-0.05, 0) is 29.8 Å².